The topological polar surface area (TPSA) is 33.6 Å². The van der Waals surface area contributed by atoms with Gasteiger partial charge >= 0.3 is 0 Å². The monoisotopic (exact) mass is 609 g/mol. The van der Waals surface area contributed by atoms with Crippen LogP contribution in [-0.2, 0) is 0 Å². The van der Waals surface area contributed by atoms with Crippen LogP contribution >= 0.6 is 0 Å². The minimum atomic E-state index is 0.704. The molecule has 8 aromatic carbocycles. The van der Waals surface area contributed by atoms with E-state index in [0.717, 1.165) is 38.4 Å². The predicted molar refractivity (Wildman–Crippen MR) is 200 cm³/mol. The normalized spacial score (nSPS) is 11.7. The number of nitriles is 1. The van der Waals surface area contributed by atoms with Gasteiger partial charge in [-0.25, -0.2) is 0 Å². The molecule has 2 aromatic heterocycles. The molecule has 0 aliphatic rings. The third-order valence-electron chi connectivity index (χ3n) is 9.92. The second kappa shape index (κ2) is 10.2. The summed E-state index contributed by atoms with van der Waals surface area (Å²) in [4.78, 5) is 0. The van der Waals surface area contributed by atoms with E-state index in [2.05, 4.69) is 161 Å². The minimum absolute atomic E-state index is 0.704. The van der Waals surface area contributed by atoms with Gasteiger partial charge in [0.05, 0.1) is 33.7 Å². The summed E-state index contributed by atoms with van der Waals surface area (Å²) in [6.07, 6.45) is 0. The lowest BCUT2D eigenvalue weighted by Gasteiger charge is -2.13. The first-order valence-corrected chi connectivity index (χ1v) is 16.3. The van der Waals surface area contributed by atoms with Crippen molar-refractivity contribution in [1.82, 2.24) is 9.13 Å². The van der Waals surface area contributed by atoms with Gasteiger partial charge in [-0.2, -0.15) is 5.26 Å². The molecule has 10 aromatic rings. The Morgan fingerprint density at radius 2 is 1.04 bits per heavy atom. The van der Waals surface area contributed by atoms with Crippen LogP contribution in [-0.4, -0.2) is 9.13 Å². The fraction of sp³-hybridized carbons (Fsp3) is 0. The number of nitrogens with zero attached hydrogens (tertiary/aromatic N) is 3. The van der Waals surface area contributed by atoms with Gasteiger partial charge in [0.25, 0.3) is 0 Å². The lowest BCUT2D eigenvalue weighted by atomic mass is 9.97. The first kappa shape index (κ1) is 26.6. The first-order valence-electron chi connectivity index (χ1n) is 16.3. The SMILES string of the molecule is N#Cc1cc2ccc(-n3c4ccccc4c4ccc(-c5cccc6c5c5ccccc5n6-c5ccccc5)cc43)cc2c2ccccc12. The highest BCUT2D eigenvalue weighted by atomic mass is 15.0. The Kier molecular flexibility index (Phi) is 5.64. The van der Waals surface area contributed by atoms with Crippen LogP contribution in [0.2, 0.25) is 0 Å². The fourth-order valence-electron chi connectivity index (χ4n) is 7.85. The number of benzene rings is 8. The molecule has 0 bridgehead atoms. The molecule has 0 aliphatic heterocycles. The van der Waals surface area contributed by atoms with E-state index in [-0.39, 0.29) is 0 Å². The van der Waals surface area contributed by atoms with E-state index < -0.39 is 0 Å². The minimum Gasteiger partial charge on any atom is -0.309 e. The van der Waals surface area contributed by atoms with Crippen LogP contribution in [0.3, 0.4) is 0 Å². The molecular weight excluding hydrogens is 583 g/mol. The molecule has 222 valence electrons. The molecule has 10 rings (SSSR count). The summed E-state index contributed by atoms with van der Waals surface area (Å²) in [7, 11) is 0. The van der Waals surface area contributed by atoms with Gasteiger partial charge in [0.2, 0.25) is 0 Å². The van der Waals surface area contributed by atoms with Crippen LogP contribution in [0.15, 0.2) is 164 Å². The Labute approximate surface area is 276 Å². The lowest BCUT2D eigenvalue weighted by Crippen LogP contribution is -1.95. The van der Waals surface area contributed by atoms with Gasteiger partial charge in [-0.1, -0.05) is 109 Å². The second-order valence-corrected chi connectivity index (χ2v) is 12.5. The molecule has 0 unspecified atom stereocenters. The average Bonchev–Trinajstić information content (AvgIpc) is 3.67. The Hall–Kier alpha value is -6.63. The third-order valence-corrected chi connectivity index (χ3v) is 9.92. The molecule has 0 fully saturated rings. The number of rotatable bonds is 3. The Bertz CT molecular complexity index is 2950. The van der Waals surface area contributed by atoms with Crippen molar-refractivity contribution >= 4 is 65.2 Å². The van der Waals surface area contributed by atoms with Crippen molar-refractivity contribution < 1.29 is 0 Å². The predicted octanol–water partition coefficient (Wildman–Crippen LogP) is 11.7. The van der Waals surface area contributed by atoms with Crippen LogP contribution in [0.5, 0.6) is 0 Å². The maximum atomic E-state index is 9.88. The van der Waals surface area contributed by atoms with Gasteiger partial charge in [-0.05, 0) is 81.9 Å². The van der Waals surface area contributed by atoms with Gasteiger partial charge in [-0.3, -0.25) is 0 Å². The van der Waals surface area contributed by atoms with E-state index >= 15 is 0 Å². The van der Waals surface area contributed by atoms with Gasteiger partial charge in [0, 0.05) is 38.3 Å². The summed E-state index contributed by atoms with van der Waals surface area (Å²) in [5, 5.41) is 19.1. The maximum absolute atomic E-state index is 9.88. The summed E-state index contributed by atoms with van der Waals surface area (Å²) in [5.41, 5.74) is 10.1. The fourth-order valence-corrected chi connectivity index (χ4v) is 7.85. The molecule has 0 spiro atoms. The van der Waals surface area contributed by atoms with Crippen LogP contribution < -0.4 is 0 Å². The summed E-state index contributed by atoms with van der Waals surface area (Å²) < 4.78 is 4.77. The molecule has 0 saturated heterocycles. The maximum Gasteiger partial charge on any atom is 0.0998 e. The van der Waals surface area contributed by atoms with Gasteiger partial charge in [0.1, 0.15) is 0 Å². The van der Waals surface area contributed by atoms with Crippen LogP contribution in [0.25, 0.3) is 87.7 Å². The molecule has 0 N–H and O–H groups in total. The highest BCUT2D eigenvalue weighted by Gasteiger charge is 2.18. The quantitative estimate of drug-likeness (QED) is 0.183. The number of fused-ring (bicyclic) bond motifs is 9. The van der Waals surface area contributed by atoms with Crippen LogP contribution in [0, 0.1) is 11.3 Å². The third kappa shape index (κ3) is 3.75. The van der Waals surface area contributed by atoms with Gasteiger partial charge in [-0.15, -0.1) is 0 Å². The molecule has 0 amide bonds. The zero-order chi connectivity index (χ0) is 31.8. The largest absolute Gasteiger partial charge is 0.309 e. The van der Waals surface area contributed by atoms with Crippen molar-refractivity contribution in [2.75, 3.05) is 0 Å². The van der Waals surface area contributed by atoms with E-state index in [0.29, 0.717) is 5.56 Å². The summed E-state index contributed by atoms with van der Waals surface area (Å²) in [6.45, 7) is 0. The molecule has 48 heavy (non-hydrogen) atoms. The highest BCUT2D eigenvalue weighted by Crippen LogP contribution is 2.41. The molecule has 0 radical (unpaired) electrons. The van der Waals surface area contributed by atoms with Crippen molar-refractivity contribution in [3.05, 3.63) is 169 Å². The number of hydrogen-bond donors (Lipinski definition) is 0. The average molecular weight is 610 g/mol. The zero-order valence-corrected chi connectivity index (χ0v) is 25.9. The van der Waals surface area contributed by atoms with Crippen LogP contribution in [0.1, 0.15) is 5.56 Å². The number of para-hydroxylation sites is 3. The molecule has 0 atom stereocenters. The summed E-state index contributed by atoms with van der Waals surface area (Å²) >= 11 is 0. The molecular formula is C45H27N3. The number of aromatic nitrogens is 2. The zero-order valence-electron chi connectivity index (χ0n) is 25.9. The van der Waals surface area contributed by atoms with Crippen LogP contribution in [0.4, 0.5) is 0 Å². The van der Waals surface area contributed by atoms with E-state index in [1.54, 1.807) is 0 Å². The van der Waals surface area contributed by atoms with Crippen molar-refractivity contribution in [2.24, 2.45) is 0 Å². The lowest BCUT2D eigenvalue weighted by molar-refractivity contribution is 1.18. The molecule has 0 saturated carbocycles. The van der Waals surface area contributed by atoms with Crippen molar-refractivity contribution in [1.29, 1.82) is 5.26 Å². The second-order valence-electron chi connectivity index (χ2n) is 12.5. The smallest absolute Gasteiger partial charge is 0.0998 e. The first-order chi connectivity index (χ1) is 23.8. The molecule has 2 heterocycles. The summed E-state index contributed by atoms with van der Waals surface area (Å²) in [5.74, 6) is 0. The van der Waals surface area contributed by atoms with Crippen molar-refractivity contribution in [3.8, 4) is 28.6 Å². The standard InChI is InChI=1S/C45H27N3/c46-28-31-25-29-21-23-33(27-40(29)36-14-5-4-13-34(31)36)48-41-18-8-6-15-37(41)38-24-22-30(26-44(38)48)35-17-10-20-43-45(35)39-16-7-9-19-42(39)47(43)32-11-2-1-3-12-32/h1-27H. The Balaban J connectivity index is 1.26. The Morgan fingerprint density at radius 1 is 0.396 bits per heavy atom. The van der Waals surface area contributed by atoms with Crippen molar-refractivity contribution in [3.63, 3.8) is 0 Å². The van der Waals surface area contributed by atoms with E-state index in [1.807, 2.05) is 18.2 Å². The van der Waals surface area contributed by atoms with E-state index in [1.165, 1.54) is 49.2 Å². The Morgan fingerprint density at radius 3 is 1.85 bits per heavy atom. The van der Waals surface area contributed by atoms with E-state index in [4.69, 9.17) is 0 Å². The van der Waals surface area contributed by atoms with E-state index in [9.17, 15) is 5.26 Å². The summed E-state index contributed by atoms with van der Waals surface area (Å²) in [6, 6.07) is 60.9. The van der Waals surface area contributed by atoms with Gasteiger partial charge in [0.15, 0.2) is 0 Å². The molecule has 3 nitrogen and oxygen atoms in total. The highest BCUT2D eigenvalue weighted by molar-refractivity contribution is 6.17. The van der Waals surface area contributed by atoms with Crippen molar-refractivity contribution in [2.45, 2.75) is 0 Å². The van der Waals surface area contributed by atoms with Gasteiger partial charge < -0.3 is 9.13 Å². The molecule has 3 heteroatoms. The molecule has 0 aliphatic carbocycles. The number of hydrogen-bond acceptors (Lipinski definition) is 1.